The Morgan fingerprint density at radius 2 is 1.50 bits per heavy atom. The summed E-state index contributed by atoms with van der Waals surface area (Å²) in [5.74, 6) is 0.0397. The smallest absolute Gasteiger partial charge is 0.220 e. The van der Waals surface area contributed by atoms with Gasteiger partial charge in [0.25, 0.3) is 0 Å². The number of amides is 1. The predicted molar refractivity (Wildman–Crippen MR) is 120 cm³/mol. The summed E-state index contributed by atoms with van der Waals surface area (Å²) >= 11 is 0. The molecule has 1 N–H and O–H groups in total. The van der Waals surface area contributed by atoms with E-state index in [9.17, 15) is 4.79 Å². The SMILES string of the molecule is C[C@H](NC(=O)CCc1cn(-c2ccccc2)nc1-c1ccccc1)c1ccccc1. The lowest BCUT2D eigenvalue weighted by Gasteiger charge is -2.14. The number of hydrogen-bond acceptors (Lipinski definition) is 2. The molecular weight excluding hydrogens is 370 g/mol. The Bertz CT molecular complexity index is 1090. The zero-order chi connectivity index (χ0) is 20.8. The molecule has 30 heavy (non-hydrogen) atoms. The summed E-state index contributed by atoms with van der Waals surface area (Å²) in [6.07, 6.45) is 3.08. The van der Waals surface area contributed by atoms with E-state index in [0.29, 0.717) is 12.8 Å². The summed E-state index contributed by atoms with van der Waals surface area (Å²) in [5, 5.41) is 7.92. The molecule has 0 aliphatic carbocycles. The number of carbonyl (C=O) groups excluding carboxylic acids is 1. The van der Waals surface area contributed by atoms with E-state index in [4.69, 9.17) is 5.10 Å². The molecule has 0 saturated carbocycles. The first-order valence-electron chi connectivity index (χ1n) is 10.2. The maximum Gasteiger partial charge on any atom is 0.220 e. The third-order valence-electron chi connectivity index (χ3n) is 5.16. The first-order valence-corrected chi connectivity index (χ1v) is 10.2. The predicted octanol–water partition coefficient (Wildman–Crippen LogP) is 5.35. The molecule has 0 bridgehead atoms. The van der Waals surface area contributed by atoms with Crippen LogP contribution in [0.15, 0.2) is 97.2 Å². The van der Waals surface area contributed by atoms with Gasteiger partial charge in [-0.2, -0.15) is 5.10 Å². The monoisotopic (exact) mass is 395 g/mol. The minimum Gasteiger partial charge on any atom is -0.350 e. The van der Waals surface area contributed by atoms with Gasteiger partial charge in [0.15, 0.2) is 0 Å². The number of nitrogens with one attached hydrogen (secondary N) is 1. The Morgan fingerprint density at radius 1 is 0.900 bits per heavy atom. The summed E-state index contributed by atoms with van der Waals surface area (Å²) < 4.78 is 1.89. The van der Waals surface area contributed by atoms with Crippen LogP contribution in [0.4, 0.5) is 0 Å². The summed E-state index contributed by atoms with van der Waals surface area (Å²) in [7, 11) is 0. The van der Waals surface area contributed by atoms with Gasteiger partial charge in [-0.05, 0) is 36.6 Å². The van der Waals surface area contributed by atoms with Crippen LogP contribution < -0.4 is 5.32 Å². The first kappa shape index (κ1) is 19.6. The Labute approximate surface area is 177 Å². The fourth-order valence-corrected chi connectivity index (χ4v) is 3.53. The Kier molecular flexibility index (Phi) is 6.04. The van der Waals surface area contributed by atoms with E-state index in [1.54, 1.807) is 0 Å². The van der Waals surface area contributed by atoms with Crippen LogP contribution in [-0.4, -0.2) is 15.7 Å². The number of para-hydroxylation sites is 1. The Balaban J connectivity index is 1.51. The third kappa shape index (κ3) is 4.66. The number of benzene rings is 3. The largest absolute Gasteiger partial charge is 0.350 e. The summed E-state index contributed by atoms with van der Waals surface area (Å²) in [4.78, 5) is 12.6. The topological polar surface area (TPSA) is 46.9 Å². The highest BCUT2D eigenvalue weighted by Crippen LogP contribution is 2.25. The van der Waals surface area contributed by atoms with Crippen LogP contribution in [0.5, 0.6) is 0 Å². The van der Waals surface area contributed by atoms with Crippen molar-refractivity contribution >= 4 is 5.91 Å². The van der Waals surface area contributed by atoms with Crippen LogP contribution in [0.2, 0.25) is 0 Å². The van der Waals surface area contributed by atoms with Gasteiger partial charge in [-0.3, -0.25) is 4.79 Å². The standard InChI is InChI=1S/C26H25N3O/c1-20(21-11-5-2-6-12-21)27-25(30)18-17-23-19-29(24-15-9-4-10-16-24)28-26(23)22-13-7-3-8-14-22/h2-16,19-20H,17-18H2,1H3,(H,27,30)/t20-/m0/s1. The minimum absolute atomic E-state index is 0.0145. The maximum atomic E-state index is 12.6. The lowest BCUT2D eigenvalue weighted by molar-refractivity contribution is -0.121. The highest BCUT2D eigenvalue weighted by atomic mass is 16.1. The molecule has 0 radical (unpaired) electrons. The van der Waals surface area contributed by atoms with Crippen LogP contribution in [0, 0.1) is 0 Å². The average molecular weight is 396 g/mol. The van der Waals surface area contributed by atoms with Gasteiger partial charge in [0.05, 0.1) is 17.4 Å². The molecular formula is C26H25N3O. The molecule has 1 aromatic heterocycles. The van der Waals surface area contributed by atoms with Crippen molar-refractivity contribution in [3.8, 4) is 16.9 Å². The van der Waals surface area contributed by atoms with Crippen molar-refractivity contribution in [2.24, 2.45) is 0 Å². The Hall–Kier alpha value is -3.66. The van der Waals surface area contributed by atoms with E-state index in [1.165, 1.54) is 0 Å². The highest BCUT2D eigenvalue weighted by Gasteiger charge is 2.15. The molecule has 150 valence electrons. The fraction of sp³-hybridized carbons (Fsp3) is 0.154. The zero-order valence-electron chi connectivity index (χ0n) is 17.0. The van der Waals surface area contributed by atoms with Crippen molar-refractivity contribution in [3.63, 3.8) is 0 Å². The molecule has 1 amide bonds. The second-order valence-electron chi connectivity index (χ2n) is 7.35. The number of aryl methyl sites for hydroxylation is 1. The summed E-state index contributed by atoms with van der Waals surface area (Å²) in [5.41, 5.74) is 5.15. The number of carbonyl (C=O) groups is 1. The average Bonchev–Trinajstić information content (AvgIpc) is 3.24. The molecule has 4 nitrogen and oxygen atoms in total. The van der Waals surface area contributed by atoms with Crippen LogP contribution in [0.25, 0.3) is 16.9 Å². The van der Waals surface area contributed by atoms with E-state index in [-0.39, 0.29) is 11.9 Å². The maximum absolute atomic E-state index is 12.6. The molecule has 1 heterocycles. The van der Waals surface area contributed by atoms with E-state index in [0.717, 1.165) is 28.1 Å². The Morgan fingerprint density at radius 3 is 2.17 bits per heavy atom. The van der Waals surface area contributed by atoms with Gasteiger partial charge in [0.1, 0.15) is 0 Å². The van der Waals surface area contributed by atoms with Crippen LogP contribution in [-0.2, 0) is 11.2 Å². The van der Waals surface area contributed by atoms with Gasteiger partial charge < -0.3 is 5.32 Å². The van der Waals surface area contributed by atoms with Crippen LogP contribution in [0.3, 0.4) is 0 Å². The van der Waals surface area contributed by atoms with Crippen molar-refractivity contribution in [1.29, 1.82) is 0 Å². The molecule has 4 heteroatoms. The van der Waals surface area contributed by atoms with Gasteiger partial charge in [-0.25, -0.2) is 4.68 Å². The molecule has 0 spiro atoms. The van der Waals surface area contributed by atoms with Crippen LogP contribution >= 0.6 is 0 Å². The van der Waals surface area contributed by atoms with E-state index < -0.39 is 0 Å². The molecule has 3 aromatic carbocycles. The lowest BCUT2D eigenvalue weighted by atomic mass is 10.0. The zero-order valence-corrected chi connectivity index (χ0v) is 17.0. The molecule has 0 fully saturated rings. The van der Waals surface area contributed by atoms with E-state index in [1.807, 2.05) is 96.7 Å². The van der Waals surface area contributed by atoms with Crippen molar-refractivity contribution in [1.82, 2.24) is 15.1 Å². The molecule has 4 rings (SSSR count). The van der Waals surface area contributed by atoms with E-state index >= 15 is 0 Å². The van der Waals surface area contributed by atoms with Gasteiger partial charge >= 0.3 is 0 Å². The second-order valence-corrected chi connectivity index (χ2v) is 7.35. The van der Waals surface area contributed by atoms with Crippen molar-refractivity contribution < 1.29 is 4.79 Å². The molecule has 4 aromatic rings. The van der Waals surface area contributed by atoms with Gasteiger partial charge in [-0.1, -0.05) is 78.9 Å². The van der Waals surface area contributed by atoms with Crippen molar-refractivity contribution in [2.45, 2.75) is 25.8 Å². The highest BCUT2D eigenvalue weighted by molar-refractivity contribution is 5.77. The molecule has 0 unspecified atom stereocenters. The number of nitrogens with zero attached hydrogens (tertiary/aromatic N) is 2. The van der Waals surface area contributed by atoms with E-state index in [2.05, 4.69) is 17.4 Å². The molecule has 1 atom stereocenters. The van der Waals surface area contributed by atoms with Gasteiger partial charge in [-0.15, -0.1) is 0 Å². The minimum atomic E-state index is -0.0145. The summed E-state index contributed by atoms with van der Waals surface area (Å²) in [6.45, 7) is 2.01. The first-order chi connectivity index (χ1) is 14.7. The van der Waals surface area contributed by atoms with Gasteiger partial charge in [0, 0.05) is 18.2 Å². The molecule has 0 aliphatic rings. The number of hydrogen-bond donors (Lipinski definition) is 1. The lowest BCUT2D eigenvalue weighted by Crippen LogP contribution is -2.26. The quantitative estimate of drug-likeness (QED) is 0.458. The third-order valence-corrected chi connectivity index (χ3v) is 5.16. The number of rotatable bonds is 7. The van der Waals surface area contributed by atoms with Gasteiger partial charge in [0.2, 0.25) is 5.91 Å². The normalized spacial score (nSPS) is 11.8. The fourth-order valence-electron chi connectivity index (χ4n) is 3.53. The second kappa shape index (κ2) is 9.23. The molecule has 0 aliphatic heterocycles. The van der Waals surface area contributed by atoms with Crippen molar-refractivity contribution in [3.05, 3.63) is 108 Å². The van der Waals surface area contributed by atoms with Crippen molar-refractivity contribution in [2.75, 3.05) is 0 Å². The molecule has 0 saturated heterocycles. The van der Waals surface area contributed by atoms with Crippen LogP contribution in [0.1, 0.15) is 30.5 Å². The summed E-state index contributed by atoms with van der Waals surface area (Å²) in [6, 6.07) is 30.2. The number of aromatic nitrogens is 2.